The molecule has 2 aromatic rings. The molecule has 0 unspecified atom stereocenters. The fourth-order valence-electron chi connectivity index (χ4n) is 2.12. The van der Waals surface area contributed by atoms with Crippen LogP contribution in [-0.2, 0) is 19.6 Å². The Morgan fingerprint density at radius 3 is 2.80 bits per heavy atom. The van der Waals surface area contributed by atoms with Gasteiger partial charge in [-0.2, -0.15) is 5.10 Å². The van der Waals surface area contributed by atoms with Gasteiger partial charge in [-0.25, -0.2) is 4.39 Å². The third-order valence-corrected chi connectivity index (χ3v) is 3.09. The maximum absolute atomic E-state index is 13.9. The van der Waals surface area contributed by atoms with Crippen LogP contribution in [0.1, 0.15) is 23.9 Å². The molecule has 5 heteroatoms. The van der Waals surface area contributed by atoms with Gasteiger partial charge in [0.05, 0.1) is 11.4 Å². The maximum Gasteiger partial charge on any atom is 0.165 e. The smallest absolute Gasteiger partial charge is 0.165 e. The fraction of sp³-hybridized carbons (Fsp3) is 0.400. The summed E-state index contributed by atoms with van der Waals surface area (Å²) < 4.78 is 21.3. The molecule has 1 heterocycles. The molecule has 108 valence electrons. The van der Waals surface area contributed by atoms with Crippen LogP contribution in [0, 0.1) is 12.7 Å². The zero-order chi connectivity index (χ0) is 14.5. The van der Waals surface area contributed by atoms with E-state index in [1.807, 2.05) is 30.7 Å². The number of nitrogens with two attached hydrogens (primary N) is 1. The molecule has 0 fully saturated rings. The Balaban J connectivity index is 2.06. The third kappa shape index (κ3) is 3.36. The molecule has 20 heavy (non-hydrogen) atoms. The number of rotatable bonds is 6. The Bertz CT molecular complexity index is 580. The summed E-state index contributed by atoms with van der Waals surface area (Å²) in [5, 5.41) is 4.33. The largest absolute Gasteiger partial charge is 0.484 e. The first-order valence-electron chi connectivity index (χ1n) is 6.78. The average Bonchev–Trinajstić information content (AvgIpc) is 2.78. The highest BCUT2D eigenvalue weighted by Gasteiger charge is 2.08. The molecule has 0 aliphatic heterocycles. The van der Waals surface area contributed by atoms with Gasteiger partial charge in [0.15, 0.2) is 11.6 Å². The van der Waals surface area contributed by atoms with Gasteiger partial charge in [0.1, 0.15) is 6.61 Å². The molecular formula is C15H20FN3O. The third-order valence-electron chi connectivity index (χ3n) is 3.09. The first-order chi connectivity index (χ1) is 9.63. The van der Waals surface area contributed by atoms with E-state index in [1.54, 1.807) is 6.07 Å². The summed E-state index contributed by atoms with van der Waals surface area (Å²) in [7, 11) is 0. The number of nitrogens with zero attached hydrogens (tertiary/aromatic N) is 2. The second-order valence-corrected chi connectivity index (χ2v) is 4.68. The molecule has 2 rings (SSSR count). The fourth-order valence-corrected chi connectivity index (χ4v) is 2.12. The predicted molar refractivity (Wildman–Crippen MR) is 76.1 cm³/mol. The van der Waals surface area contributed by atoms with Gasteiger partial charge in [-0.05, 0) is 50.6 Å². The van der Waals surface area contributed by atoms with Gasteiger partial charge in [-0.15, -0.1) is 0 Å². The van der Waals surface area contributed by atoms with E-state index in [0.29, 0.717) is 19.6 Å². The van der Waals surface area contributed by atoms with Gasteiger partial charge < -0.3 is 10.5 Å². The van der Waals surface area contributed by atoms with Gasteiger partial charge in [-0.1, -0.05) is 6.07 Å². The molecule has 0 radical (unpaired) electrons. The van der Waals surface area contributed by atoms with Crippen LogP contribution in [0.2, 0.25) is 0 Å². The Morgan fingerprint density at radius 2 is 2.15 bits per heavy atom. The van der Waals surface area contributed by atoms with Crippen molar-refractivity contribution in [3.63, 3.8) is 0 Å². The summed E-state index contributed by atoms with van der Waals surface area (Å²) in [6.07, 6.45) is 0.666. The highest BCUT2D eigenvalue weighted by molar-refractivity contribution is 5.29. The number of hydrogen-bond acceptors (Lipinski definition) is 3. The lowest BCUT2D eigenvalue weighted by atomic mass is 10.1. The summed E-state index contributed by atoms with van der Waals surface area (Å²) in [4.78, 5) is 0. The van der Waals surface area contributed by atoms with E-state index >= 15 is 0 Å². The Kier molecular flexibility index (Phi) is 4.74. The molecule has 0 atom stereocenters. The summed E-state index contributed by atoms with van der Waals surface area (Å²) >= 11 is 0. The van der Waals surface area contributed by atoms with E-state index in [-0.39, 0.29) is 11.6 Å². The van der Waals surface area contributed by atoms with Crippen molar-refractivity contribution in [1.82, 2.24) is 9.78 Å². The van der Waals surface area contributed by atoms with Crippen molar-refractivity contribution in [1.29, 1.82) is 0 Å². The summed E-state index contributed by atoms with van der Waals surface area (Å²) in [6, 6.07) is 6.92. The van der Waals surface area contributed by atoms with Crippen molar-refractivity contribution in [2.45, 2.75) is 33.4 Å². The van der Waals surface area contributed by atoms with E-state index in [1.165, 1.54) is 6.07 Å². The summed E-state index contributed by atoms with van der Waals surface area (Å²) in [5.74, 6) is -0.0949. The van der Waals surface area contributed by atoms with Crippen molar-refractivity contribution in [3.05, 3.63) is 47.0 Å². The molecule has 1 aromatic carbocycles. The highest BCUT2D eigenvalue weighted by Crippen LogP contribution is 2.20. The Labute approximate surface area is 118 Å². The molecule has 0 spiro atoms. The zero-order valence-corrected chi connectivity index (χ0v) is 11.9. The molecule has 2 N–H and O–H groups in total. The normalized spacial score (nSPS) is 10.8. The van der Waals surface area contributed by atoms with E-state index in [2.05, 4.69) is 5.10 Å². The quantitative estimate of drug-likeness (QED) is 0.882. The lowest BCUT2D eigenvalue weighted by molar-refractivity contribution is 0.278. The van der Waals surface area contributed by atoms with E-state index < -0.39 is 0 Å². The van der Waals surface area contributed by atoms with E-state index in [0.717, 1.165) is 23.5 Å². The van der Waals surface area contributed by atoms with Gasteiger partial charge >= 0.3 is 0 Å². The van der Waals surface area contributed by atoms with Gasteiger partial charge in [0, 0.05) is 6.54 Å². The van der Waals surface area contributed by atoms with Crippen molar-refractivity contribution >= 4 is 0 Å². The lowest BCUT2D eigenvalue weighted by Gasteiger charge is -2.09. The van der Waals surface area contributed by atoms with Gasteiger partial charge in [-0.3, -0.25) is 4.68 Å². The first kappa shape index (κ1) is 14.5. The van der Waals surface area contributed by atoms with Crippen LogP contribution in [0.4, 0.5) is 4.39 Å². The van der Waals surface area contributed by atoms with Crippen molar-refractivity contribution in [2.75, 3.05) is 6.54 Å². The molecule has 0 aliphatic carbocycles. The lowest BCUT2D eigenvalue weighted by Crippen LogP contribution is -2.07. The Hall–Kier alpha value is -1.88. The monoisotopic (exact) mass is 277 g/mol. The summed E-state index contributed by atoms with van der Waals surface area (Å²) in [5.41, 5.74) is 8.21. The molecule has 0 saturated heterocycles. The number of aryl methyl sites for hydroxylation is 2. The standard InChI is InChI=1S/C15H20FN3O/c1-3-19-13(8-11(2)18-19)10-20-15-5-4-12(6-7-17)9-14(15)16/h4-5,8-9H,3,6-7,10,17H2,1-2H3. The molecule has 1 aromatic heterocycles. The topological polar surface area (TPSA) is 53.1 Å². The molecule has 0 aliphatic rings. The SMILES string of the molecule is CCn1nc(C)cc1COc1ccc(CCN)cc1F. The predicted octanol–water partition coefficient (Wildman–Crippen LogP) is 2.43. The van der Waals surface area contributed by atoms with Crippen molar-refractivity contribution < 1.29 is 9.13 Å². The minimum absolute atomic E-state index is 0.257. The number of aromatic nitrogens is 2. The highest BCUT2D eigenvalue weighted by atomic mass is 19.1. The zero-order valence-electron chi connectivity index (χ0n) is 11.9. The van der Waals surface area contributed by atoms with Crippen LogP contribution in [0.15, 0.2) is 24.3 Å². The second kappa shape index (κ2) is 6.52. The van der Waals surface area contributed by atoms with Crippen molar-refractivity contribution in [3.8, 4) is 5.75 Å². The van der Waals surface area contributed by atoms with Crippen LogP contribution in [0.5, 0.6) is 5.75 Å². The van der Waals surface area contributed by atoms with E-state index in [9.17, 15) is 4.39 Å². The van der Waals surface area contributed by atoms with Crippen LogP contribution >= 0.6 is 0 Å². The first-order valence-corrected chi connectivity index (χ1v) is 6.78. The van der Waals surface area contributed by atoms with Gasteiger partial charge in [0.2, 0.25) is 0 Å². The second-order valence-electron chi connectivity index (χ2n) is 4.68. The molecule has 4 nitrogen and oxygen atoms in total. The summed E-state index contributed by atoms with van der Waals surface area (Å²) in [6.45, 7) is 5.52. The van der Waals surface area contributed by atoms with Crippen LogP contribution in [-0.4, -0.2) is 16.3 Å². The molecule has 0 saturated carbocycles. The maximum atomic E-state index is 13.9. The number of halogens is 1. The number of ether oxygens (including phenoxy) is 1. The van der Waals surface area contributed by atoms with Crippen LogP contribution in [0.25, 0.3) is 0 Å². The van der Waals surface area contributed by atoms with Crippen LogP contribution in [0.3, 0.4) is 0 Å². The average molecular weight is 277 g/mol. The molecule has 0 bridgehead atoms. The van der Waals surface area contributed by atoms with Crippen LogP contribution < -0.4 is 10.5 Å². The van der Waals surface area contributed by atoms with Crippen molar-refractivity contribution in [2.24, 2.45) is 5.73 Å². The van der Waals surface area contributed by atoms with Gasteiger partial charge in [0.25, 0.3) is 0 Å². The van der Waals surface area contributed by atoms with E-state index in [4.69, 9.17) is 10.5 Å². The molecular weight excluding hydrogens is 257 g/mol. The molecule has 0 amide bonds. The Morgan fingerprint density at radius 1 is 1.35 bits per heavy atom. The minimum atomic E-state index is -0.352. The number of benzene rings is 1. The number of hydrogen-bond donors (Lipinski definition) is 1. The minimum Gasteiger partial charge on any atom is -0.484 e.